The molecule has 7 rings (SSSR count). The lowest BCUT2D eigenvalue weighted by atomic mass is 10.2. The molecule has 4 heterocycles. The van der Waals surface area contributed by atoms with Crippen molar-refractivity contribution >= 4 is 55.9 Å². The summed E-state index contributed by atoms with van der Waals surface area (Å²) in [6.07, 6.45) is 0. The molecule has 29 heavy (non-hydrogen) atoms. The Morgan fingerprint density at radius 1 is 0.793 bits per heavy atom. The quantitative estimate of drug-likeness (QED) is 0.367. The van der Waals surface area contributed by atoms with E-state index in [-0.39, 0.29) is 0 Å². The van der Waals surface area contributed by atoms with Crippen LogP contribution in [0.5, 0.6) is 0 Å². The molecule has 0 N–H and O–H groups in total. The fourth-order valence-corrected chi connectivity index (χ4v) is 4.43. The summed E-state index contributed by atoms with van der Waals surface area (Å²) in [6.45, 7) is 7.34. The average molecular weight is 371 g/mol. The van der Waals surface area contributed by atoms with Crippen LogP contribution in [-0.2, 0) is 0 Å². The van der Waals surface area contributed by atoms with Crippen LogP contribution >= 0.6 is 0 Å². The lowest BCUT2D eigenvalue weighted by molar-refractivity contribution is 1.15. The zero-order chi connectivity index (χ0) is 19.3. The Balaban J connectivity index is 1.80. The molecule has 0 saturated heterocycles. The lowest BCUT2D eigenvalue weighted by Crippen LogP contribution is -1.87. The number of fused-ring (bicyclic) bond motifs is 10. The number of hydrogen-bond donors (Lipinski definition) is 0. The van der Waals surface area contributed by atoms with E-state index in [9.17, 15) is 5.26 Å². The van der Waals surface area contributed by atoms with Gasteiger partial charge in [0.1, 0.15) is 5.52 Å². The van der Waals surface area contributed by atoms with E-state index in [0.29, 0.717) is 11.3 Å². The maximum absolute atomic E-state index is 9.31. The number of nitrogens with zero attached hydrogens (tertiary/aromatic N) is 7. The summed E-state index contributed by atoms with van der Waals surface area (Å²) < 4.78 is 6.24. The molecule has 0 aliphatic rings. The van der Waals surface area contributed by atoms with Gasteiger partial charge < -0.3 is 0 Å². The van der Waals surface area contributed by atoms with Crippen LogP contribution in [0.1, 0.15) is 5.56 Å². The van der Waals surface area contributed by atoms with Gasteiger partial charge in [0.15, 0.2) is 5.69 Å². The van der Waals surface area contributed by atoms with Gasteiger partial charge in [0, 0.05) is 0 Å². The van der Waals surface area contributed by atoms with E-state index in [1.807, 2.05) is 30.3 Å². The zero-order valence-electron chi connectivity index (χ0n) is 14.8. The Kier molecular flexibility index (Phi) is 2.30. The van der Waals surface area contributed by atoms with E-state index in [1.165, 1.54) is 0 Å². The SMILES string of the molecule is [C-]#[N+]c1ccc2nc3n(c2c1)c1cccc2c1n3c1nc3ccc(C#N)cc3n21. The van der Waals surface area contributed by atoms with Gasteiger partial charge in [0.25, 0.3) is 0 Å². The topological polar surface area (TPSA) is 67.2 Å². The second kappa shape index (κ2) is 4.61. The Morgan fingerprint density at radius 3 is 2.10 bits per heavy atom. The third kappa shape index (κ3) is 1.54. The molecule has 0 bridgehead atoms. The second-order valence-corrected chi connectivity index (χ2v) is 7.07. The Morgan fingerprint density at radius 2 is 1.45 bits per heavy atom. The van der Waals surface area contributed by atoms with Crippen LogP contribution in [0.25, 0.3) is 55.0 Å². The van der Waals surface area contributed by atoms with Crippen LogP contribution in [0.4, 0.5) is 5.69 Å². The summed E-state index contributed by atoms with van der Waals surface area (Å²) in [5.41, 5.74) is 7.72. The highest BCUT2D eigenvalue weighted by molar-refractivity contribution is 6.04. The highest BCUT2D eigenvalue weighted by atomic mass is 15.3. The molecule has 0 saturated carbocycles. The molecule has 132 valence electrons. The molecule has 7 heteroatoms. The van der Waals surface area contributed by atoms with Crippen LogP contribution in [0.2, 0.25) is 0 Å². The molecule has 0 aliphatic carbocycles. The molecular weight excluding hydrogens is 362 g/mol. The van der Waals surface area contributed by atoms with Gasteiger partial charge in [-0.05, 0) is 42.5 Å². The van der Waals surface area contributed by atoms with E-state index >= 15 is 0 Å². The first-order valence-corrected chi connectivity index (χ1v) is 9.05. The van der Waals surface area contributed by atoms with Gasteiger partial charge in [-0.1, -0.05) is 12.1 Å². The summed E-state index contributed by atoms with van der Waals surface area (Å²) >= 11 is 0. The van der Waals surface area contributed by atoms with Crippen LogP contribution in [0, 0.1) is 17.9 Å². The van der Waals surface area contributed by atoms with Crippen molar-refractivity contribution in [2.24, 2.45) is 0 Å². The highest BCUT2D eigenvalue weighted by Crippen LogP contribution is 2.35. The van der Waals surface area contributed by atoms with Gasteiger partial charge in [0.2, 0.25) is 11.6 Å². The van der Waals surface area contributed by atoms with Crippen molar-refractivity contribution in [2.75, 3.05) is 0 Å². The summed E-state index contributed by atoms with van der Waals surface area (Å²) in [5, 5.41) is 9.31. The minimum Gasteiger partial charge on any atom is -0.277 e. The van der Waals surface area contributed by atoms with Gasteiger partial charge in [-0.3, -0.25) is 8.80 Å². The molecule has 0 atom stereocenters. The molecule has 0 aliphatic heterocycles. The maximum Gasteiger partial charge on any atom is 0.223 e. The molecule has 0 radical (unpaired) electrons. The predicted molar refractivity (Wildman–Crippen MR) is 110 cm³/mol. The van der Waals surface area contributed by atoms with Crippen molar-refractivity contribution < 1.29 is 0 Å². The van der Waals surface area contributed by atoms with E-state index in [4.69, 9.17) is 16.5 Å². The van der Waals surface area contributed by atoms with Gasteiger partial charge >= 0.3 is 0 Å². The predicted octanol–water partition coefficient (Wildman–Crippen LogP) is 4.55. The monoisotopic (exact) mass is 371 g/mol. The maximum atomic E-state index is 9.31. The van der Waals surface area contributed by atoms with Gasteiger partial charge in [-0.25, -0.2) is 19.2 Å². The number of imidazole rings is 4. The number of hydrogen-bond acceptors (Lipinski definition) is 3. The fraction of sp³-hybridized carbons (Fsp3) is 0. The molecule has 7 nitrogen and oxygen atoms in total. The molecule has 0 unspecified atom stereocenters. The van der Waals surface area contributed by atoms with Crippen molar-refractivity contribution in [3.63, 3.8) is 0 Å². The summed E-state index contributed by atoms with van der Waals surface area (Å²) in [7, 11) is 0. The first kappa shape index (κ1) is 14.4. The van der Waals surface area contributed by atoms with Gasteiger partial charge in [-0.2, -0.15) is 5.26 Å². The first-order valence-electron chi connectivity index (χ1n) is 9.05. The third-order valence-corrected chi connectivity index (χ3v) is 5.61. The zero-order valence-corrected chi connectivity index (χ0v) is 14.8. The number of benzene rings is 3. The molecule has 3 aromatic carbocycles. The number of nitriles is 1. The Bertz CT molecular complexity index is 1750. The summed E-state index contributed by atoms with van der Waals surface area (Å²) in [4.78, 5) is 13.3. The Hall–Kier alpha value is -4.62. The van der Waals surface area contributed by atoms with E-state index < -0.39 is 0 Å². The van der Waals surface area contributed by atoms with Crippen LogP contribution in [0.3, 0.4) is 0 Å². The van der Waals surface area contributed by atoms with Gasteiger partial charge in [0.05, 0.1) is 51.3 Å². The minimum atomic E-state index is 0.588. The average Bonchev–Trinajstić information content (AvgIpc) is 3.46. The highest BCUT2D eigenvalue weighted by Gasteiger charge is 2.23. The largest absolute Gasteiger partial charge is 0.277 e. The van der Waals surface area contributed by atoms with E-state index in [0.717, 1.165) is 50.2 Å². The van der Waals surface area contributed by atoms with Crippen LogP contribution in [0.15, 0.2) is 54.6 Å². The standard InChI is InChI=1S/C22H9N7/c1-24-13-6-8-15-19(10-13)28-17-4-2-3-16-20(17)29(22(28)26-15)21-25-14-7-5-12(11-23)9-18(14)27(16)21/h2-10H. The Labute approximate surface area is 162 Å². The van der Waals surface area contributed by atoms with Crippen molar-refractivity contribution in [3.05, 3.63) is 71.6 Å². The van der Waals surface area contributed by atoms with Gasteiger partial charge in [-0.15, -0.1) is 0 Å². The number of rotatable bonds is 0. The molecular formula is C22H9N7. The third-order valence-electron chi connectivity index (χ3n) is 5.61. The second-order valence-electron chi connectivity index (χ2n) is 7.07. The molecule has 7 aromatic rings. The number of para-hydroxylation sites is 1. The smallest absolute Gasteiger partial charge is 0.223 e. The van der Waals surface area contributed by atoms with E-state index in [2.05, 4.69) is 36.2 Å². The lowest BCUT2D eigenvalue weighted by Gasteiger charge is -1.98. The molecule has 0 spiro atoms. The van der Waals surface area contributed by atoms with Crippen molar-refractivity contribution in [2.45, 2.75) is 0 Å². The summed E-state index contributed by atoms with van der Waals surface area (Å²) in [5.74, 6) is 1.52. The van der Waals surface area contributed by atoms with Crippen molar-refractivity contribution in [1.82, 2.24) is 23.2 Å². The van der Waals surface area contributed by atoms with E-state index in [1.54, 1.807) is 12.1 Å². The van der Waals surface area contributed by atoms with Crippen molar-refractivity contribution in [3.8, 4) is 6.07 Å². The number of aromatic nitrogens is 5. The normalized spacial score (nSPS) is 12.1. The van der Waals surface area contributed by atoms with Crippen LogP contribution in [-0.4, -0.2) is 23.2 Å². The molecule has 0 amide bonds. The summed E-state index contributed by atoms with van der Waals surface area (Å²) in [6, 6.07) is 19.4. The fourth-order valence-electron chi connectivity index (χ4n) is 4.43. The first-order chi connectivity index (χ1) is 14.3. The molecule has 0 fully saturated rings. The minimum absolute atomic E-state index is 0.588. The molecule has 4 aromatic heterocycles. The van der Waals surface area contributed by atoms with Crippen LogP contribution < -0.4 is 0 Å². The van der Waals surface area contributed by atoms with Crippen molar-refractivity contribution in [1.29, 1.82) is 5.26 Å².